The molecular formula is C17H17ClN2O. The van der Waals surface area contributed by atoms with E-state index in [1.54, 1.807) is 0 Å². The van der Waals surface area contributed by atoms with E-state index in [2.05, 4.69) is 16.4 Å². The molecule has 1 N–H and O–H groups in total. The van der Waals surface area contributed by atoms with Crippen molar-refractivity contribution in [3.05, 3.63) is 65.1 Å². The molecule has 2 heterocycles. The smallest absolute Gasteiger partial charge is 0.152 e. The molecule has 1 atom stereocenters. The number of benzene rings is 1. The average Bonchev–Trinajstić information content (AvgIpc) is 2.94. The minimum Gasteiger partial charge on any atom is -0.458 e. The van der Waals surface area contributed by atoms with E-state index in [0.717, 1.165) is 35.3 Å². The second kappa shape index (κ2) is 6.29. The Labute approximate surface area is 128 Å². The number of furan rings is 1. The van der Waals surface area contributed by atoms with Gasteiger partial charge < -0.3 is 9.73 Å². The van der Waals surface area contributed by atoms with Crippen molar-refractivity contribution in [1.82, 2.24) is 10.3 Å². The van der Waals surface area contributed by atoms with Gasteiger partial charge in [-0.25, -0.2) is 0 Å². The average molecular weight is 301 g/mol. The number of nitrogens with zero attached hydrogens (tertiary/aromatic N) is 1. The number of aromatic nitrogens is 1. The molecule has 4 heteroatoms. The number of para-hydroxylation sites is 1. The lowest BCUT2D eigenvalue weighted by molar-refractivity contribution is 0.432. The summed E-state index contributed by atoms with van der Waals surface area (Å²) in [4.78, 5) is 4.36. The Morgan fingerprint density at radius 2 is 2.14 bits per heavy atom. The quantitative estimate of drug-likeness (QED) is 0.760. The largest absolute Gasteiger partial charge is 0.458 e. The van der Waals surface area contributed by atoms with E-state index in [1.165, 1.54) is 0 Å². The zero-order valence-corrected chi connectivity index (χ0v) is 12.6. The molecule has 108 valence electrons. The predicted octanol–water partition coefficient (Wildman–Crippen LogP) is 4.37. The Kier molecular flexibility index (Phi) is 4.23. The number of nitrogens with one attached hydrogen (secondary N) is 1. The molecule has 0 fully saturated rings. The Hall–Kier alpha value is -1.84. The highest BCUT2D eigenvalue weighted by molar-refractivity contribution is 6.34. The zero-order valence-electron chi connectivity index (χ0n) is 11.8. The summed E-state index contributed by atoms with van der Waals surface area (Å²) in [5, 5.41) is 4.99. The van der Waals surface area contributed by atoms with Crippen LogP contribution in [0, 0.1) is 0 Å². The van der Waals surface area contributed by atoms with Crippen LogP contribution in [0.1, 0.15) is 23.9 Å². The van der Waals surface area contributed by atoms with Crippen molar-refractivity contribution in [1.29, 1.82) is 0 Å². The Balaban J connectivity index is 1.80. The number of hydrogen-bond donors (Lipinski definition) is 1. The molecule has 0 radical (unpaired) electrons. The van der Waals surface area contributed by atoms with Crippen LogP contribution in [0.3, 0.4) is 0 Å². The van der Waals surface area contributed by atoms with Gasteiger partial charge in [0, 0.05) is 17.3 Å². The van der Waals surface area contributed by atoms with E-state index >= 15 is 0 Å². The minimum absolute atomic E-state index is 0.149. The third kappa shape index (κ3) is 3.09. The first-order valence-corrected chi connectivity index (χ1v) is 7.41. The van der Waals surface area contributed by atoms with Crippen LogP contribution in [0.4, 0.5) is 0 Å². The van der Waals surface area contributed by atoms with Gasteiger partial charge in [-0.1, -0.05) is 29.8 Å². The summed E-state index contributed by atoms with van der Waals surface area (Å²) in [6.07, 6.45) is 3.65. The SMILES string of the molecule is CNC(CCc1ccccn1)c1cc2cccc(Cl)c2o1. The van der Waals surface area contributed by atoms with Gasteiger partial charge in [-0.05, 0) is 44.2 Å². The first kappa shape index (κ1) is 14.1. The monoisotopic (exact) mass is 300 g/mol. The zero-order chi connectivity index (χ0) is 14.7. The number of halogens is 1. The van der Waals surface area contributed by atoms with E-state index in [1.807, 2.05) is 49.6 Å². The predicted molar refractivity (Wildman–Crippen MR) is 85.6 cm³/mol. The summed E-state index contributed by atoms with van der Waals surface area (Å²) in [6.45, 7) is 0. The lowest BCUT2D eigenvalue weighted by atomic mass is 10.1. The Morgan fingerprint density at radius 1 is 1.24 bits per heavy atom. The molecule has 0 saturated heterocycles. The molecule has 0 aliphatic heterocycles. The van der Waals surface area contributed by atoms with Gasteiger partial charge >= 0.3 is 0 Å². The molecule has 21 heavy (non-hydrogen) atoms. The molecular weight excluding hydrogens is 284 g/mol. The van der Waals surface area contributed by atoms with Crippen LogP contribution in [0.25, 0.3) is 11.0 Å². The molecule has 3 nitrogen and oxygen atoms in total. The van der Waals surface area contributed by atoms with Crippen molar-refractivity contribution >= 4 is 22.6 Å². The highest BCUT2D eigenvalue weighted by Crippen LogP contribution is 2.30. The molecule has 3 aromatic rings. The lowest BCUT2D eigenvalue weighted by Crippen LogP contribution is -2.16. The van der Waals surface area contributed by atoms with Crippen molar-refractivity contribution in [3.63, 3.8) is 0 Å². The number of aryl methyl sites for hydroxylation is 1. The molecule has 0 aliphatic rings. The highest BCUT2D eigenvalue weighted by atomic mass is 35.5. The molecule has 0 spiro atoms. The van der Waals surface area contributed by atoms with Gasteiger partial charge in [0.1, 0.15) is 5.76 Å². The van der Waals surface area contributed by atoms with E-state index in [-0.39, 0.29) is 6.04 Å². The summed E-state index contributed by atoms with van der Waals surface area (Å²) >= 11 is 6.17. The summed E-state index contributed by atoms with van der Waals surface area (Å²) in [6, 6.07) is 14.0. The summed E-state index contributed by atoms with van der Waals surface area (Å²) in [5.74, 6) is 0.913. The van der Waals surface area contributed by atoms with Gasteiger partial charge in [0.25, 0.3) is 0 Å². The Morgan fingerprint density at radius 3 is 2.86 bits per heavy atom. The molecule has 1 aromatic carbocycles. The lowest BCUT2D eigenvalue weighted by Gasteiger charge is -2.12. The molecule has 0 saturated carbocycles. The number of fused-ring (bicyclic) bond motifs is 1. The van der Waals surface area contributed by atoms with Gasteiger partial charge in [-0.3, -0.25) is 4.98 Å². The first-order valence-electron chi connectivity index (χ1n) is 7.03. The normalized spacial score (nSPS) is 12.7. The summed E-state index contributed by atoms with van der Waals surface area (Å²) in [7, 11) is 1.94. The molecule has 3 rings (SSSR count). The molecule has 1 unspecified atom stereocenters. The van der Waals surface area contributed by atoms with E-state index in [4.69, 9.17) is 16.0 Å². The first-order chi connectivity index (χ1) is 10.3. The van der Waals surface area contributed by atoms with Crippen molar-refractivity contribution < 1.29 is 4.42 Å². The second-order valence-corrected chi connectivity index (χ2v) is 5.42. The van der Waals surface area contributed by atoms with Crippen LogP contribution >= 0.6 is 11.6 Å². The Bertz CT molecular complexity index is 724. The summed E-state index contributed by atoms with van der Waals surface area (Å²) < 4.78 is 5.93. The highest BCUT2D eigenvalue weighted by Gasteiger charge is 2.16. The standard InChI is InChI=1S/C17H17ClN2O/c1-19-15(9-8-13-6-2-3-10-20-13)16-11-12-5-4-7-14(18)17(12)21-16/h2-7,10-11,15,19H,8-9H2,1H3. The van der Waals surface area contributed by atoms with Crippen molar-refractivity contribution in [2.45, 2.75) is 18.9 Å². The third-order valence-electron chi connectivity index (χ3n) is 3.62. The van der Waals surface area contributed by atoms with Crippen LogP contribution in [0.5, 0.6) is 0 Å². The van der Waals surface area contributed by atoms with Crippen LogP contribution in [0.2, 0.25) is 5.02 Å². The fourth-order valence-electron chi connectivity index (χ4n) is 2.49. The molecule has 2 aromatic heterocycles. The van der Waals surface area contributed by atoms with Gasteiger partial charge in [-0.2, -0.15) is 0 Å². The van der Waals surface area contributed by atoms with Gasteiger partial charge in [0.05, 0.1) is 11.1 Å². The van der Waals surface area contributed by atoms with Crippen molar-refractivity contribution in [2.24, 2.45) is 0 Å². The van der Waals surface area contributed by atoms with Crippen molar-refractivity contribution in [3.8, 4) is 0 Å². The number of pyridine rings is 1. The summed E-state index contributed by atoms with van der Waals surface area (Å²) in [5.41, 5.74) is 1.85. The number of hydrogen-bond acceptors (Lipinski definition) is 3. The van der Waals surface area contributed by atoms with Gasteiger partial charge in [0.2, 0.25) is 0 Å². The van der Waals surface area contributed by atoms with E-state index in [0.29, 0.717) is 5.02 Å². The minimum atomic E-state index is 0.149. The van der Waals surface area contributed by atoms with Crippen LogP contribution < -0.4 is 5.32 Å². The maximum Gasteiger partial charge on any atom is 0.152 e. The van der Waals surface area contributed by atoms with Crippen LogP contribution in [-0.4, -0.2) is 12.0 Å². The van der Waals surface area contributed by atoms with Gasteiger partial charge in [-0.15, -0.1) is 0 Å². The third-order valence-corrected chi connectivity index (χ3v) is 3.92. The van der Waals surface area contributed by atoms with Crippen LogP contribution in [0.15, 0.2) is 53.1 Å². The van der Waals surface area contributed by atoms with Crippen molar-refractivity contribution in [2.75, 3.05) is 7.05 Å². The molecule has 0 amide bonds. The van der Waals surface area contributed by atoms with Gasteiger partial charge in [0.15, 0.2) is 5.58 Å². The molecule has 0 aliphatic carbocycles. The fourth-order valence-corrected chi connectivity index (χ4v) is 2.71. The number of rotatable bonds is 5. The fraction of sp³-hybridized carbons (Fsp3) is 0.235. The molecule has 0 bridgehead atoms. The van der Waals surface area contributed by atoms with Crippen LogP contribution in [-0.2, 0) is 6.42 Å². The maximum atomic E-state index is 6.17. The maximum absolute atomic E-state index is 6.17. The topological polar surface area (TPSA) is 38.1 Å². The second-order valence-electron chi connectivity index (χ2n) is 5.01. The van der Waals surface area contributed by atoms with E-state index < -0.39 is 0 Å². The van der Waals surface area contributed by atoms with E-state index in [9.17, 15) is 0 Å².